The fraction of sp³-hybridized carbons (Fsp3) is 0.321. The molecule has 8 heteroatoms. The third-order valence-corrected chi connectivity index (χ3v) is 6.47. The Bertz CT molecular complexity index is 1340. The first-order valence-corrected chi connectivity index (χ1v) is 12.2. The number of hydrogen-bond acceptors (Lipinski definition) is 5. The summed E-state index contributed by atoms with van der Waals surface area (Å²) in [5.74, 6) is -0.382. The van der Waals surface area contributed by atoms with Gasteiger partial charge in [-0.1, -0.05) is 54.1 Å². The molecule has 188 valence electrons. The summed E-state index contributed by atoms with van der Waals surface area (Å²) in [4.78, 5) is 43.3. The van der Waals surface area contributed by atoms with Crippen LogP contribution in [0.25, 0.3) is 0 Å². The first kappa shape index (κ1) is 25.2. The lowest BCUT2D eigenvalue weighted by Crippen LogP contribution is -2.42. The molecule has 0 aliphatic heterocycles. The van der Waals surface area contributed by atoms with Gasteiger partial charge in [0, 0.05) is 19.2 Å². The predicted molar refractivity (Wildman–Crippen MR) is 141 cm³/mol. The number of aromatic nitrogens is 2. The summed E-state index contributed by atoms with van der Waals surface area (Å²) in [6.45, 7) is 0.888. The van der Waals surface area contributed by atoms with E-state index < -0.39 is 11.2 Å². The van der Waals surface area contributed by atoms with Gasteiger partial charge in [0.1, 0.15) is 5.82 Å². The van der Waals surface area contributed by atoms with E-state index in [1.165, 1.54) is 15.0 Å². The summed E-state index contributed by atoms with van der Waals surface area (Å²) in [6.07, 6.45) is 7.13. The Morgan fingerprint density at radius 1 is 1.06 bits per heavy atom. The Balaban J connectivity index is 1.74. The first-order valence-electron chi connectivity index (χ1n) is 12.2. The van der Waals surface area contributed by atoms with Crippen LogP contribution in [0.15, 0.2) is 75.8 Å². The molecule has 0 radical (unpaired) electrons. The molecule has 1 amide bonds. The van der Waals surface area contributed by atoms with Crippen LogP contribution in [0.5, 0.6) is 0 Å². The summed E-state index contributed by atoms with van der Waals surface area (Å²) in [5, 5.41) is 0. The van der Waals surface area contributed by atoms with Crippen LogP contribution in [0.4, 0.5) is 11.5 Å². The van der Waals surface area contributed by atoms with Gasteiger partial charge in [0.2, 0.25) is 0 Å². The highest BCUT2D eigenvalue weighted by molar-refractivity contribution is 6.07. The topological polar surface area (TPSA) is 110 Å². The SMILES string of the molecule is COCc1ccc(C(=O)N(CCC2=CCCCC2)c2c(N)n(Cc3ccccc3)c(=O)[nH]c2=O)cc1. The van der Waals surface area contributed by atoms with Crippen molar-refractivity contribution in [3.8, 4) is 0 Å². The fourth-order valence-corrected chi connectivity index (χ4v) is 4.53. The Kier molecular flexibility index (Phi) is 8.17. The molecule has 2 aromatic carbocycles. The summed E-state index contributed by atoms with van der Waals surface area (Å²) < 4.78 is 6.46. The lowest BCUT2D eigenvalue weighted by atomic mass is 9.97. The number of amides is 1. The molecule has 8 nitrogen and oxygen atoms in total. The number of aromatic amines is 1. The number of H-pyrrole nitrogens is 1. The fourth-order valence-electron chi connectivity index (χ4n) is 4.53. The summed E-state index contributed by atoms with van der Waals surface area (Å²) in [5.41, 5.74) is 8.61. The number of anilines is 2. The molecule has 0 fully saturated rings. The molecular weight excluding hydrogens is 456 g/mol. The summed E-state index contributed by atoms with van der Waals surface area (Å²) >= 11 is 0. The van der Waals surface area contributed by atoms with E-state index in [4.69, 9.17) is 10.5 Å². The van der Waals surface area contributed by atoms with Crippen molar-refractivity contribution in [3.05, 3.63) is 104 Å². The number of nitrogens with two attached hydrogens (primary N) is 1. The minimum atomic E-state index is -0.677. The number of nitrogens with one attached hydrogen (secondary N) is 1. The highest BCUT2D eigenvalue weighted by Crippen LogP contribution is 2.25. The van der Waals surface area contributed by atoms with Gasteiger partial charge < -0.3 is 15.4 Å². The van der Waals surface area contributed by atoms with E-state index in [1.54, 1.807) is 19.2 Å². The first-order chi connectivity index (χ1) is 17.5. The molecule has 1 aliphatic carbocycles. The van der Waals surface area contributed by atoms with Crippen molar-refractivity contribution in [3.63, 3.8) is 0 Å². The van der Waals surface area contributed by atoms with Gasteiger partial charge in [0.15, 0.2) is 5.69 Å². The number of benzene rings is 2. The number of carbonyl (C=O) groups is 1. The van der Waals surface area contributed by atoms with Gasteiger partial charge in [0.25, 0.3) is 11.5 Å². The van der Waals surface area contributed by atoms with E-state index in [0.29, 0.717) is 18.6 Å². The number of hydrogen-bond donors (Lipinski definition) is 2. The Morgan fingerprint density at radius 3 is 2.47 bits per heavy atom. The van der Waals surface area contributed by atoms with Gasteiger partial charge in [-0.25, -0.2) is 4.79 Å². The second-order valence-corrected chi connectivity index (χ2v) is 9.01. The lowest BCUT2D eigenvalue weighted by molar-refractivity contribution is 0.0986. The van der Waals surface area contributed by atoms with Gasteiger partial charge in [-0.2, -0.15) is 0 Å². The Labute approximate surface area is 210 Å². The largest absolute Gasteiger partial charge is 0.383 e. The van der Waals surface area contributed by atoms with Crippen LogP contribution in [0.2, 0.25) is 0 Å². The van der Waals surface area contributed by atoms with Crippen LogP contribution in [0, 0.1) is 0 Å². The van der Waals surface area contributed by atoms with Crippen molar-refractivity contribution in [2.75, 3.05) is 24.3 Å². The average molecular weight is 489 g/mol. The van der Waals surface area contributed by atoms with E-state index in [9.17, 15) is 14.4 Å². The van der Waals surface area contributed by atoms with Gasteiger partial charge in [-0.05, 0) is 55.4 Å². The zero-order valence-electron chi connectivity index (χ0n) is 20.5. The number of rotatable bonds is 9. The zero-order chi connectivity index (χ0) is 25.5. The molecule has 1 aliphatic rings. The van der Waals surface area contributed by atoms with Gasteiger partial charge in [-0.15, -0.1) is 0 Å². The molecule has 3 N–H and O–H groups in total. The Morgan fingerprint density at radius 2 is 1.81 bits per heavy atom. The zero-order valence-corrected chi connectivity index (χ0v) is 20.5. The molecule has 0 spiro atoms. The molecule has 0 saturated heterocycles. The second kappa shape index (κ2) is 11.7. The molecular formula is C28H32N4O4. The van der Waals surface area contributed by atoms with Crippen LogP contribution >= 0.6 is 0 Å². The molecule has 0 unspecified atom stereocenters. The average Bonchev–Trinajstić information content (AvgIpc) is 2.90. The van der Waals surface area contributed by atoms with Crippen molar-refractivity contribution in [2.45, 2.75) is 45.3 Å². The summed E-state index contributed by atoms with van der Waals surface area (Å²) in [6, 6.07) is 16.4. The highest BCUT2D eigenvalue weighted by atomic mass is 16.5. The van der Waals surface area contributed by atoms with Crippen LogP contribution < -0.4 is 21.9 Å². The third kappa shape index (κ3) is 5.83. The normalized spacial score (nSPS) is 13.3. The monoisotopic (exact) mass is 488 g/mol. The van der Waals surface area contributed by atoms with Gasteiger partial charge in [0.05, 0.1) is 13.2 Å². The van der Waals surface area contributed by atoms with Crippen molar-refractivity contribution in [1.82, 2.24) is 9.55 Å². The molecule has 36 heavy (non-hydrogen) atoms. The molecule has 0 atom stereocenters. The van der Waals surface area contributed by atoms with Crippen LogP contribution in [0.1, 0.15) is 53.6 Å². The maximum Gasteiger partial charge on any atom is 0.330 e. The highest BCUT2D eigenvalue weighted by Gasteiger charge is 2.26. The molecule has 3 aromatic rings. The van der Waals surface area contributed by atoms with Crippen molar-refractivity contribution in [2.24, 2.45) is 0 Å². The Hall–Kier alpha value is -3.91. The number of allylic oxidation sites excluding steroid dienone is 1. The predicted octanol–water partition coefficient (Wildman–Crippen LogP) is 3.85. The van der Waals surface area contributed by atoms with E-state index in [2.05, 4.69) is 11.1 Å². The smallest absolute Gasteiger partial charge is 0.330 e. The van der Waals surface area contributed by atoms with Crippen LogP contribution in [0.3, 0.4) is 0 Å². The minimum absolute atomic E-state index is 0.00657. The standard InChI is InChI=1S/C28H32N4O4/c1-36-19-22-12-14-23(15-13-22)27(34)31(17-16-20-8-4-2-5-9-20)24-25(29)32(28(35)30-26(24)33)18-21-10-6-3-7-11-21/h3,6-8,10-15H,2,4-5,9,16-19,29H2,1H3,(H,30,33,35). The third-order valence-electron chi connectivity index (χ3n) is 6.47. The molecule has 1 heterocycles. The number of nitrogen functional groups attached to an aromatic ring is 1. The number of carbonyl (C=O) groups excluding carboxylic acids is 1. The molecule has 0 saturated carbocycles. The van der Waals surface area contributed by atoms with E-state index in [0.717, 1.165) is 36.8 Å². The van der Waals surface area contributed by atoms with E-state index >= 15 is 0 Å². The number of ether oxygens (including phenoxy) is 1. The van der Waals surface area contributed by atoms with Crippen molar-refractivity contribution in [1.29, 1.82) is 0 Å². The molecule has 1 aromatic heterocycles. The van der Waals surface area contributed by atoms with Gasteiger partial charge >= 0.3 is 5.69 Å². The summed E-state index contributed by atoms with van der Waals surface area (Å²) in [7, 11) is 1.61. The molecule has 4 rings (SSSR count). The van der Waals surface area contributed by atoms with Crippen molar-refractivity contribution >= 4 is 17.4 Å². The quantitative estimate of drug-likeness (QED) is 0.445. The minimum Gasteiger partial charge on any atom is -0.383 e. The maximum atomic E-state index is 13.7. The maximum absolute atomic E-state index is 13.7. The number of methoxy groups -OCH3 is 1. The molecule has 0 bridgehead atoms. The van der Waals surface area contributed by atoms with Crippen LogP contribution in [-0.4, -0.2) is 29.1 Å². The van der Waals surface area contributed by atoms with Crippen molar-refractivity contribution < 1.29 is 9.53 Å². The lowest BCUT2D eigenvalue weighted by Gasteiger charge is -2.26. The second-order valence-electron chi connectivity index (χ2n) is 9.01. The van der Waals surface area contributed by atoms with Gasteiger partial charge in [-0.3, -0.25) is 19.1 Å². The van der Waals surface area contributed by atoms with Crippen LogP contribution in [-0.2, 0) is 17.9 Å². The number of nitrogens with zero attached hydrogens (tertiary/aromatic N) is 2. The van der Waals surface area contributed by atoms with E-state index in [-0.39, 0.29) is 30.5 Å². The van der Waals surface area contributed by atoms with E-state index in [1.807, 2.05) is 42.5 Å².